The van der Waals surface area contributed by atoms with Crippen LogP contribution in [0.15, 0.2) is 28.8 Å². The van der Waals surface area contributed by atoms with Gasteiger partial charge in [-0.2, -0.15) is 0 Å². The van der Waals surface area contributed by atoms with E-state index in [-0.39, 0.29) is 25.0 Å². The molecule has 1 aromatic carbocycles. The summed E-state index contributed by atoms with van der Waals surface area (Å²) in [6, 6.07) is 7.49. The van der Waals surface area contributed by atoms with E-state index in [1.54, 1.807) is 6.07 Å². The van der Waals surface area contributed by atoms with Crippen molar-refractivity contribution in [3.05, 3.63) is 30.0 Å². The Morgan fingerprint density at radius 1 is 1.28 bits per heavy atom. The number of fused-ring (bicyclic) bond motifs is 1. The van der Waals surface area contributed by atoms with E-state index in [9.17, 15) is 9.59 Å². The molecule has 1 heterocycles. The van der Waals surface area contributed by atoms with Gasteiger partial charge in [0.25, 0.3) is 5.91 Å². The summed E-state index contributed by atoms with van der Waals surface area (Å²) in [6.07, 6.45) is 3.29. The summed E-state index contributed by atoms with van der Waals surface area (Å²) in [5, 5.41) is 7.68. The second-order valence-corrected chi connectivity index (χ2v) is 6.90. The van der Waals surface area contributed by atoms with Gasteiger partial charge in [0.1, 0.15) is 5.69 Å². The Kier molecular flexibility index (Phi) is 5.36. The summed E-state index contributed by atoms with van der Waals surface area (Å²) in [5.41, 5.74) is 1.15. The van der Waals surface area contributed by atoms with Gasteiger partial charge in [0.15, 0.2) is 12.2 Å². The van der Waals surface area contributed by atoms with Gasteiger partial charge in [-0.05, 0) is 30.4 Å². The standard InChI is InChI=1S/C19H24N2O4/c1-12-6-5-8-15(13(12)2)20-18(22)11-24-19(23)10-16-14-7-3-4-9-17(14)25-21-16/h3-4,7,9,12-13,15H,5-6,8,10-11H2,1-2H3,(H,20,22)/t12-,13+,15+/m0/s1. The summed E-state index contributed by atoms with van der Waals surface area (Å²) in [6.45, 7) is 4.12. The number of hydrogen-bond acceptors (Lipinski definition) is 5. The molecule has 0 saturated heterocycles. The van der Waals surface area contributed by atoms with E-state index in [2.05, 4.69) is 24.3 Å². The van der Waals surface area contributed by atoms with E-state index < -0.39 is 5.97 Å². The van der Waals surface area contributed by atoms with Crippen molar-refractivity contribution in [2.45, 2.75) is 45.6 Å². The minimum Gasteiger partial charge on any atom is -0.455 e. The number of nitrogens with one attached hydrogen (secondary N) is 1. The molecule has 1 aliphatic carbocycles. The number of ether oxygens (including phenoxy) is 1. The Balaban J connectivity index is 1.48. The van der Waals surface area contributed by atoms with E-state index in [1.807, 2.05) is 18.2 Å². The first-order chi connectivity index (χ1) is 12.0. The second kappa shape index (κ2) is 7.68. The Hall–Kier alpha value is -2.37. The second-order valence-electron chi connectivity index (χ2n) is 6.90. The maximum atomic E-state index is 12.1. The summed E-state index contributed by atoms with van der Waals surface area (Å²) < 4.78 is 10.3. The van der Waals surface area contributed by atoms with Crippen molar-refractivity contribution in [3.8, 4) is 0 Å². The molecule has 1 fully saturated rings. The van der Waals surface area contributed by atoms with Crippen LogP contribution >= 0.6 is 0 Å². The zero-order valence-corrected chi connectivity index (χ0v) is 14.7. The van der Waals surface area contributed by atoms with E-state index in [0.29, 0.717) is 23.1 Å². The molecule has 1 saturated carbocycles. The zero-order chi connectivity index (χ0) is 17.8. The molecule has 0 bridgehead atoms. The molecular formula is C19H24N2O4. The third kappa shape index (κ3) is 4.18. The number of esters is 1. The molecule has 0 aliphatic heterocycles. The molecule has 25 heavy (non-hydrogen) atoms. The number of carbonyl (C=O) groups excluding carboxylic acids is 2. The van der Waals surface area contributed by atoms with Crippen LogP contribution in [0.3, 0.4) is 0 Å². The number of nitrogens with zero attached hydrogens (tertiary/aromatic N) is 1. The van der Waals surface area contributed by atoms with E-state index in [4.69, 9.17) is 9.26 Å². The van der Waals surface area contributed by atoms with Gasteiger partial charge in [-0.25, -0.2) is 0 Å². The lowest BCUT2D eigenvalue weighted by atomic mass is 9.78. The fourth-order valence-electron chi connectivity index (χ4n) is 3.43. The van der Waals surface area contributed by atoms with Crippen LogP contribution in [-0.2, 0) is 20.7 Å². The predicted octanol–water partition coefficient (Wildman–Crippen LogP) is 2.85. The van der Waals surface area contributed by atoms with Crippen molar-refractivity contribution >= 4 is 22.8 Å². The van der Waals surface area contributed by atoms with Crippen LogP contribution in [-0.4, -0.2) is 29.7 Å². The highest BCUT2D eigenvalue weighted by molar-refractivity contribution is 5.85. The van der Waals surface area contributed by atoms with Gasteiger partial charge in [0, 0.05) is 11.4 Å². The first-order valence-corrected chi connectivity index (χ1v) is 8.83. The molecule has 1 aromatic heterocycles. The molecule has 0 radical (unpaired) electrons. The molecule has 0 spiro atoms. The normalized spacial score (nSPS) is 23.4. The number of hydrogen-bond donors (Lipinski definition) is 1. The number of carbonyl (C=O) groups is 2. The summed E-state index contributed by atoms with van der Waals surface area (Å²) in [5.74, 6) is 0.306. The highest BCUT2D eigenvalue weighted by Gasteiger charge is 2.28. The largest absolute Gasteiger partial charge is 0.455 e. The lowest BCUT2D eigenvalue weighted by Gasteiger charge is -2.34. The van der Waals surface area contributed by atoms with Crippen LogP contribution in [0.2, 0.25) is 0 Å². The average molecular weight is 344 g/mol. The minimum atomic E-state index is -0.487. The number of aromatic nitrogens is 1. The van der Waals surface area contributed by atoms with Crippen molar-refractivity contribution in [1.82, 2.24) is 10.5 Å². The lowest BCUT2D eigenvalue weighted by Crippen LogP contribution is -2.45. The van der Waals surface area contributed by atoms with Crippen LogP contribution in [0.25, 0.3) is 11.0 Å². The SMILES string of the molecule is C[C@@H]1[C@@H](C)CCC[C@H]1NC(=O)COC(=O)Cc1noc2ccccc12. The van der Waals surface area contributed by atoms with Crippen molar-refractivity contribution in [3.63, 3.8) is 0 Å². The molecular weight excluding hydrogens is 320 g/mol. The Bertz CT molecular complexity index is 755. The van der Waals surface area contributed by atoms with E-state index in [0.717, 1.165) is 18.2 Å². The molecule has 3 atom stereocenters. The summed E-state index contributed by atoms with van der Waals surface area (Å²) >= 11 is 0. The van der Waals surface area contributed by atoms with Crippen LogP contribution in [0, 0.1) is 11.8 Å². The lowest BCUT2D eigenvalue weighted by molar-refractivity contribution is -0.148. The maximum absolute atomic E-state index is 12.1. The van der Waals surface area contributed by atoms with Crippen molar-refractivity contribution in [1.29, 1.82) is 0 Å². The molecule has 6 nitrogen and oxygen atoms in total. The highest BCUT2D eigenvalue weighted by atomic mass is 16.5. The molecule has 1 N–H and O–H groups in total. The first kappa shape index (κ1) is 17.5. The molecule has 6 heteroatoms. The van der Waals surface area contributed by atoms with Gasteiger partial charge in [-0.3, -0.25) is 9.59 Å². The quantitative estimate of drug-likeness (QED) is 0.844. The highest BCUT2D eigenvalue weighted by Crippen LogP contribution is 2.29. The van der Waals surface area contributed by atoms with Crippen LogP contribution < -0.4 is 5.32 Å². The van der Waals surface area contributed by atoms with Crippen molar-refractivity contribution in [2.75, 3.05) is 6.61 Å². The average Bonchev–Trinajstić information content (AvgIpc) is 3.00. The minimum absolute atomic E-state index is 0.0127. The molecule has 2 aromatic rings. The molecule has 134 valence electrons. The molecule has 1 aliphatic rings. The predicted molar refractivity (Wildman–Crippen MR) is 92.8 cm³/mol. The van der Waals surface area contributed by atoms with Gasteiger partial charge in [0.2, 0.25) is 0 Å². The first-order valence-electron chi connectivity index (χ1n) is 8.83. The Labute approximate surface area is 146 Å². The molecule has 3 rings (SSSR count). The maximum Gasteiger partial charge on any atom is 0.312 e. The van der Waals surface area contributed by atoms with Gasteiger partial charge in [-0.15, -0.1) is 0 Å². The fourth-order valence-corrected chi connectivity index (χ4v) is 3.43. The van der Waals surface area contributed by atoms with Gasteiger partial charge >= 0.3 is 5.97 Å². The number of benzene rings is 1. The Morgan fingerprint density at radius 2 is 2.08 bits per heavy atom. The third-order valence-electron chi connectivity index (χ3n) is 5.18. The van der Waals surface area contributed by atoms with Crippen molar-refractivity contribution < 1.29 is 18.8 Å². The Morgan fingerprint density at radius 3 is 2.92 bits per heavy atom. The summed E-state index contributed by atoms with van der Waals surface area (Å²) in [7, 11) is 0. The van der Waals surface area contributed by atoms with Crippen molar-refractivity contribution in [2.24, 2.45) is 11.8 Å². The number of rotatable bonds is 5. The van der Waals surface area contributed by atoms with Gasteiger partial charge in [0.05, 0.1) is 6.42 Å². The monoisotopic (exact) mass is 344 g/mol. The van der Waals surface area contributed by atoms with Crippen LogP contribution in [0.4, 0.5) is 0 Å². The third-order valence-corrected chi connectivity index (χ3v) is 5.18. The smallest absolute Gasteiger partial charge is 0.312 e. The van der Waals surface area contributed by atoms with E-state index in [1.165, 1.54) is 6.42 Å². The van der Waals surface area contributed by atoms with Crippen LogP contribution in [0.5, 0.6) is 0 Å². The van der Waals surface area contributed by atoms with Gasteiger partial charge in [-0.1, -0.05) is 44.0 Å². The fraction of sp³-hybridized carbons (Fsp3) is 0.526. The van der Waals surface area contributed by atoms with E-state index >= 15 is 0 Å². The zero-order valence-electron chi connectivity index (χ0n) is 14.7. The number of para-hydroxylation sites is 1. The van der Waals surface area contributed by atoms with Gasteiger partial charge < -0.3 is 14.6 Å². The number of amides is 1. The summed E-state index contributed by atoms with van der Waals surface area (Å²) in [4.78, 5) is 24.0. The molecule has 0 unspecified atom stereocenters. The van der Waals surface area contributed by atoms with Crippen LogP contribution in [0.1, 0.15) is 38.8 Å². The topological polar surface area (TPSA) is 81.4 Å². The molecule has 1 amide bonds.